The van der Waals surface area contributed by atoms with Gasteiger partial charge in [-0.3, -0.25) is 0 Å². The summed E-state index contributed by atoms with van der Waals surface area (Å²) in [5, 5.41) is 7.64. The second-order valence-corrected chi connectivity index (χ2v) is 18.2. The van der Waals surface area contributed by atoms with E-state index in [1.165, 1.54) is 143 Å². The summed E-state index contributed by atoms with van der Waals surface area (Å²) in [5.74, 6) is 0. The molecule has 0 saturated heterocycles. The van der Waals surface area contributed by atoms with Gasteiger partial charge in [-0.1, -0.05) is 196 Å². The number of benzene rings is 10. The Balaban J connectivity index is 0.918. The Morgan fingerprint density at radius 1 is 0.415 bits per heavy atom. The van der Waals surface area contributed by atoms with Gasteiger partial charge in [0.15, 0.2) is 0 Å². The van der Waals surface area contributed by atoms with Crippen LogP contribution in [-0.2, 0) is 11.8 Å². The SMILES string of the molecule is CCc1cc(C=Cc2ccc3cc(-c4c(-c5ccccc5)c5ccccc5c5ccccc45)ccc3c2)cc2c1-c1ccc(N(c3ccccc3)c3ccccc3)cc1C21CCCCC1. The van der Waals surface area contributed by atoms with E-state index in [2.05, 4.69) is 230 Å². The minimum Gasteiger partial charge on any atom is -0.310 e. The van der Waals surface area contributed by atoms with Gasteiger partial charge in [-0.2, -0.15) is 0 Å². The highest BCUT2D eigenvalue weighted by Gasteiger charge is 2.45. The quantitative estimate of drug-likeness (QED) is 0.109. The fourth-order valence-corrected chi connectivity index (χ4v) is 11.6. The standard InChI is InChI=1S/C64H51N/c1-2-46-40-45(41-60-61(46)58-36-35-53(43-59(58)64(60)37-17-6-18-38-64)65(51-21-9-4-10-22-51)52-23-11-5-12-24-52)30-29-44-31-32-49-42-50(34-33-48(49)39-44)63-57-28-16-14-26-55(57)54-25-13-15-27-56(54)62(63)47-19-7-3-8-20-47/h3-5,7-16,19-36,39-43H,2,6,17-18,37-38H2,1H3. The molecule has 1 spiro atoms. The fraction of sp³-hybridized carbons (Fsp3) is 0.125. The van der Waals surface area contributed by atoms with E-state index in [4.69, 9.17) is 0 Å². The van der Waals surface area contributed by atoms with Gasteiger partial charge >= 0.3 is 0 Å². The van der Waals surface area contributed by atoms with Crippen molar-refractivity contribution in [1.82, 2.24) is 0 Å². The molecule has 1 heteroatoms. The van der Waals surface area contributed by atoms with Crippen molar-refractivity contribution < 1.29 is 0 Å². The molecular formula is C64H51N. The van der Waals surface area contributed by atoms with Gasteiger partial charge in [0.25, 0.3) is 0 Å². The van der Waals surface area contributed by atoms with Crippen LogP contribution in [0.2, 0.25) is 0 Å². The molecule has 0 aromatic heterocycles. The van der Waals surface area contributed by atoms with Gasteiger partial charge in [0, 0.05) is 22.5 Å². The number of rotatable bonds is 8. The number of para-hydroxylation sites is 2. The lowest BCUT2D eigenvalue weighted by atomic mass is 9.67. The van der Waals surface area contributed by atoms with E-state index in [-0.39, 0.29) is 5.41 Å². The van der Waals surface area contributed by atoms with Crippen LogP contribution in [0.1, 0.15) is 66.8 Å². The first-order valence-electron chi connectivity index (χ1n) is 23.6. The molecule has 65 heavy (non-hydrogen) atoms. The molecule has 0 atom stereocenters. The summed E-state index contributed by atoms with van der Waals surface area (Å²) in [6, 6.07) is 76.7. The zero-order chi connectivity index (χ0) is 43.3. The summed E-state index contributed by atoms with van der Waals surface area (Å²) in [6.45, 7) is 2.33. The van der Waals surface area contributed by atoms with E-state index in [0.717, 1.165) is 6.42 Å². The molecule has 10 aromatic carbocycles. The Labute approximate surface area is 383 Å². The number of aryl methyl sites for hydroxylation is 1. The largest absolute Gasteiger partial charge is 0.310 e. The average molecular weight is 834 g/mol. The van der Waals surface area contributed by atoms with Crippen LogP contribution < -0.4 is 4.90 Å². The van der Waals surface area contributed by atoms with Crippen LogP contribution in [0, 0.1) is 0 Å². The first kappa shape index (κ1) is 39.1. The van der Waals surface area contributed by atoms with Crippen molar-refractivity contribution in [2.45, 2.75) is 50.9 Å². The van der Waals surface area contributed by atoms with Crippen molar-refractivity contribution in [2.24, 2.45) is 0 Å². The van der Waals surface area contributed by atoms with E-state index in [0.29, 0.717) is 0 Å². The number of hydrogen-bond donors (Lipinski definition) is 0. The number of nitrogens with zero attached hydrogens (tertiary/aromatic N) is 1. The molecule has 1 fully saturated rings. The van der Waals surface area contributed by atoms with Crippen molar-refractivity contribution in [1.29, 1.82) is 0 Å². The Morgan fingerprint density at radius 2 is 0.985 bits per heavy atom. The summed E-state index contributed by atoms with van der Waals surface area (Å²) >= 11 is 0. The summed E-state index contributed by atoms with van der Waals surface area (Å²) in [4.78, 5) is 2.42. The lowest BCUT2D eigenvalue weighted by Gasteiger charge is -2.37. The van der Waals surface area contributed by atoms with Crippen LogP contribution in [0.3, 0.4) is 0 Å². The minimum atomic E-state index is 0.0170. The predicted octanol–water partition coefficient (Wildman–Crippen LogP) is 17.9. The summed E-state index contributed by atoms with van der Waals surface area (Å²) < 4.78 is 0. The van der Waals surface area contributed by atoms with Gasteiger partial charge in [-0.15, -0.1) is 0 Å². The molecule has 0 unspecified atom stereocenters. The van der Waals surface area contributed by atoms with Crippen molar-refractivity contribution >= 4 is 61.5 Å². The van der Waals surface area contributed by atoms with Gasteiger partial charge in [-0.05, 0) is 161 Å². The van der Waals surface area contributed by atoms with Gasteiger partial charge in [-0.25, -0.2) is 0 Å². The number of fused-ring (bicyclic) bond motifs is 9. The van der Waals surface area contributed by atoms with Crippen molar-refractivity contribution in [2.75, 3.05) is 4.90 Å². The van der Waals surface area contributed by atoms with Gasteiger partial charge < -0.3 is 4.90 Å². The van der Waals surface area contributed by atoms with Crippen molar-refractivity contribution in [3.05, 3.63) is 234 Å². The smallest absolute Gasteiger partial charge is 0.0465 e. The fourth-order valence-electron chi connectivity index (χ4n) is 11.6. The number of hydrogen-bond acceptors (Lipinski definition) is 1. The van der Waals surface area contributed by atoms with Crippen LogP contribution in [0.5, 0.6) is 0 Å². The molecule has 0 aliphatic heterocycles. The van der Waals surface area contributed by atoms with Gasteiger partial charge in [0.05, 0.1) is 0 Å². The summed E-state index contributed by atoms with van der Waals surface area (Å²) in [7, 11) is 0. The first-order chi connectivity index (χ1) is 32.2. The highest BCUT2D eigenvalue weighted by atomic mass is 15.1. The average Bonchev–Trinajstić information content (AvgIpc) is 3.63. The molecule has 0 N–H and O–H groups in total. The van der Waals surface area contributed by atoms with Crippen LogP contribution in [0.4, 0.5) is 17.1 Å². The van der Waals surface area contributed by atoms with Crippen LogP contribution in [0.15, 0.2) is 206 Å². The molecule has 2 aliphatic carbocycles. The Hall–Kier alpha value is -7.48. The predicted molar refractivity (Wildman–Crippen MR) is 279 cm³/mol. The second-order valence-electron chi connectivity index (χ2n) is 18.2. The number of anilines is 3. The second kappa shape index (κ2) is 16.3. The molecule has 10 aromatic rings. The molecule has 1 saturated carbocycles. The van der Waals surface area contributed by atoms with Gasteiger partial charge in [0.2, 0.25) is 0 Å². The monoisotopic (exact) mass is 833 g/mol. The zero-order valence-electron chi connectivity index (χ0n) is 37.0. The minimum absolute atomic E-state index is 0.0170. The van der Waals surface area contributed by atoms with Crippen LogP contribution >= 0.6 is 0 Å². The maximum absolute atomic E-state index is 2.55. The molecule has 2 aliphatic rings. The third kappa shape index (κ3) is 6.69. The zero-order valence-corrected chi connectivity index (χ0v) is 37.0. The third-order valence-electron chi connectivity index (χ3n) is 14.5. The molecule has 0 amide bonds. The van der Waals surface area contributed by atoms with E-state index >= 15 is 0 Å². The van der Waals surface area contributed by atoms with Crippen LogP contribution in [-0.4, -0.2) is 0 Å². The summed E-state index contributed by atoms with van der Waals surface area (Å²) in [6.07, 6.45) is 11.9. The highest BCUT2D eigenvalue weighted by molar-refractivity contribution is 6.22. The van der Waals surface area contributed by atoms with Crippen LogP contribution in [0.25, 0.3) is 77.9 Å². The first-order valence-corrected chi connectivity index (χ1v) is 23.6. The van der Waals surface area contributed by atoms with Crippen molar-refractivity contribution in [3.63, 3.8) is 0 Å². The Morgan fingerprint density at radius 3 is 1.65 bits per heavy atom. The lowest BCUT2D eigenvalue weighted by Crippen LogP contribution is -2.28. The van der Waals surface area contributed by atoms with E-state index in [1.54, 1.807) is 0 Å². The Bertz CT molecular complexity index is 3390. The summed E-state index contributed by atoms with van der Waals surface area (Å²) in [5.41, 5.74) is 18.6. The molecule has 1 nitrogen and oxygen atoms in total. The molecule has 0 heterocycles. The molecule has 12 rings (SSSR count). The lowest BCUT2D eigenvalue weighted by molar-refractivity contribution is 0.353. The third-order valence-corrected chi connectivity index (χ3v) is 14.5. The normalized spacial score (nSPS) is 14.0. The van der Waals surface area contributed by atoms with E-state index < -0.39 is 0 Å². The molecule has 312 valence electrons. The molecular weight excluding hydrogens is 783 g/mol. The molecule has 0 bridgehead atoms. The maximum Gasteiger partial charge on any atom is 0.0465 e. The maximum atomic E-state index is 2.55. The van der Waals surface area contributed by atoms with E-state index in [9.17, 15) is 0 Å². The molecule has 0 radical (unpaired) electrons. The Kier molecular flexibility index (Phi) is 9.79. The highest BCUT2D eigenvalue weighted by Crippen LogP contribution is 2.58. The van der Waals surface area contributed by atoms with Crippen molar-refractivity contribution in [3.8, 4) is 33.4 Å². The topological polar surface area (TPSA) is 3.24 Å². The van der Waals surface area contributed by atoms with Gasteiger partial charge in [0.1, 0.15) is 0 Å². The van der Waals surface area contributed by atoms with E-state index in [1.807, 2.05) is 0 Å².